The molecule has 0 aliphatic rings. The van der Waals surface area contributed by atoms with Crippen LogP contribution in [0.25, 0.3) is 0 Å². The Kier molecular flexibility index (Phi) is 5.17. The van der Waals surface area contributed by atoms with Gasteiger partial charge in [0.2, 0.25) is 0 Å². The minimum absolute atomic E-state index is 0.275. The molecule has 0 aliphatic heterocycles. The highest BCUT2D eigenvalue weighted by atomic mass is 35.5. The molecule has 5 heteroatoms. The molecule has 1 N–H and O–H groups in total. The molecule has 0 fully saturated rings. The highest BCUT2D eigenvalue weighted by Gasteiger charge is 2.10. The number of ether oxygens (including phenoxy) is 1. The number of anilines is 1. The van der Waals surface area contributed by atoms with Crippen molar-refractivity contribution >= 4 is 23.2 Å². The van der Waals surface area contributed by atoms with E-state index in [-0.39, 0.29) is 5.91 Å². The van der Waals surface area contributed by atoms with Gasteiger partial charge in [-0.1, -0.05) is 31.5 Å². The number of carbonyl (C=O) groups excluding carboxylic acids is 1. The normalized spacial score (nSPS) is 10.5. The van der Waals surface area contributed by atoms with Crippen LogP contribution in [0.2, 0.25) is 5.02 Å². The van der Waals surface area contributed by atoms with Gasteiger partial charge in [0, 0.05) is 24.1 Å². The molecule has 4 nitrogen and oxygen atoms in total. The lowest BCUT2D eigenvalue weighted by Gasteiger charge is -2.11. The van der Waals surface area contributed by atoms with Gasteiger partial charge in [0.1, 0.15) is 5.75 Å². The van der Waals surface area contributed by atoms with Crippen LogP contribution in [0.5, 0.6) is 5.75 Å². The van der Waals surface area contributed by atoms with Gasteiger partial charge in [-0.2, -0.15) is 0 Å². The maximum atomic E-state index is 12.1. The summed E-state index contributed by atoms with van der Waals surface area (Å²) in [4.78, 5) is 16.0. The molecule has 1 aromatic carbocycles. The van der Waals surface area contributed by atoms with Crippen LogP contribution in [0.15, 0.2) is 42.7 Å². The van der Waals surface area contributed by atoms with E-state index in [4.69, 9.17) is 16.3 Å². The van der Waals surface area contributed by atoms with Gasteiger partial charge in [0.05, 0.1) is 17.2 Å². The van der Waals surface area contributed by atoms with Gasteiger partial charge in [-0.15, -0.1) is 0 Å². The lowest BCUT2D eigenvalue weighted by Crippen LogP contribution is -2.12. The number of aromatic nitrogens is 1. The summed E-state index contributed by atoms with van der Waals surface area (Å²) in [6.07, 6.45) is 2.97. The SMILES string of the molecule is CC(C)COc1cccc(NC(=O)c2ccncc2Cl)c1. The molecule has 1 heterocycles. The van der Waals surface area contributed by atoms with E-state index in [2.05, 4.69) is 24.1 Å². The van der Waals surface area contributed by atoms with Crippen molar-refractivity contribution in [3.05, 3.63) is 53.3 Å². The third-order valence-corrected chi connectivity index (χ3v) is 2.99. The highest BCUT2D eigenvalue weighted by molar-refractivity contribution is 6.34. The van der Waals surface area contributed by atoms with Crippen LogP contribution >= 0.6 is 11.6 Å². The molecule has 110 valence electrons. The van der Waals surface area contributed by atoms with Gasteiger partial charge in [-0.3, -0.25) is 9.78 Å². The first kappa shape index (κ1) is 15.3. The van der Waals surface area contributed by atoms with Crippen molar-refractivity contribution in [3.63, 3.8) is 0 Å². The average molecular weight is 305 g/mol. The molecule has 1 amide bonds. The van der Waals surface area contributed by atoms with E-state index in [1.165, 1.54) is 12.4 Å². The molecule has 1 aromatic heterocycles. The van der Waals surface area contributed by atoms with Crippen molar-refractivity contribution < 1.29 is 9.53 Å². The summed E-state index contributed by atoms with van der Waals surface area (Å²) in [5.74, 6) is 0.893. The van der Waals surface area contributed by atoms with Crippen molar-refractivity contribution in [3.8, 4) is 5.75 Å². The van der Waals surface area contributed by atoms with Gasteiger partial charge in [-0.25, -0.2) is 0 Å². The van der Waals surface area contributed by atoms with Crippen molar-refractivity contribution in [1.29, 1.82) is 0 Å². The van der Waals surface area contributed by atoms with Crippen LogP contribution in [0.3, 0.4) is 0 Å². The summed E-state index contributed by atoms with van der Waals surface area (Å²) in [6, 6.07) is 8.86. The fourth-order valence-electron chi connectivity index (χ4n) is 1.68. The second kappa shape index (κ2) is 7.09. The number of amides is 1. The quantitative estimate of drug-likeness (QED) is 0.907. The number of benzene rings is 1. The third-order valence-electron chi connectivity index (χ3n) is 2.69. The van der Waals surface area contributed by atoms with Crippen LogP contribution in [-0.4, -0.2) is 17.5 Å². The zero-order valence-electron chi connectivity index (χ0n) is 12.0. The first-order valence-corrected chi connectivity index (χ1v) is 7.08. The molecule has 0 saturated carbocycles. The van der Waals surface area contributed by atoms with E-state index in [0.29, 0.717) is 28.8 Å². The second-order valence-electron chi connectivity index (χ2n) is 5.04. The van der Waals surface area contributed by atoms with Crippen molar-refractivity contribution in [2.24, 2.45) is 5.92 Å². The van der Waals surface area contributed by atoms with Gasteiger partial charge in [0.25, 0.3) is 5.91 Å². The van der Waals surface area contributed by atoms with E-state index >= 15 is 0 Å². The van der Waals surface area contributed by atoms with Crippen molar-refractivity contribution in [1.82, 2.24) is 4.98 Å². The van der Waals surface area contributed by atoms with Crippen LogP contribution in [0.1, 0.15) is 24.2 Å². The Morgan fingerprint density at radius 2 is 2.19 bits per heavy atom. The maximum absolute atomic E-state index is 12.1. The van der Waals surface area contributed by atoms with Gasteiger partial charge in [-0.05, 0) is 24.1 Å². The fourth-order valence-corrected chi connectivity index (χ4v) is 1.89. The molecule has 0 spiro atoms. The van der Waals surface area contributed by atoms with Gasteiger partial charge < -0.3 is 10.1 Å². The summed E-state index contributed by atoms with van der Waals surface area (Å²) in [7, 11) is 0. The topological polar surface area (TPSA) is 51.2 Å². The Hall–Kier alpha value is -2.07. The molecule has 2 rings (SSSR count). The third kappa shape index (κ3) is 4.46. The van der Waals surface area contributed by atoms with E-state index in [9.17, 15) is 4.79 Å². The zero-order chi connectivity index (χ0) is 15.2. The number of carbonyl (C=O) groups is 1. The number of rotatable bonds is 5. The van der Waals surface area contributed by atoms with Crippen molar-refractivity contribution in [2.75, 3.05) is 11.9 Å². The lowest BCUT2D eigenvalue weighted by atomic mass is 10.2. The van der Waals surface area contributed by atoms with E-state index in [1.54, 1.807) is 18.2 Å². The molecule has 21 heavy (non-hydrogen) atoms. The molecule has 0 radical (unpaired) electrons. The van der Waals surface area contributed by atoms with Crippen LogP contribution < -0.4 is 10.1 Å². The molecular weight excluding hydrogens is 288 g/mol. The predicted molar refractivity (Wildman–Crippen MR) is 84.0 cm³/mol. The highest BCUT2D eigenvalue weighted by Crippen LogP contribution is 2.20. The molecule has 0 saturated heterocycles. The zero-order valence-corrected chi connectivity index (χ0v) is 12.7. The van der Waals surface area contributed by atoms with E-state index in [1.807, 2.05) is 12.1 Å². The molecule has 0 unspecified atom stereocenters. The number of hydrogen-bond donors (Lipinski definition) is 1. The summed E-state index contributed by atoms with van der Waals surface area (Å²) in [6.45, 7) is 4.79. The van der Waals surface area contributed by atoms with Crippen LogP contribution in [0.4, 0.5) is 5.69 Å². The Balaban J connectivity index is 2.07. The first-order chi connectivity index (χ1) is 10.1. The van der Waals surface area contributed by atoms with Crippen molar-refractivity contribution in [2.45, 2.75) is 13.8 Å². The standard InChI is InChI=1S/C16H17ClN2O2/c1-11(2)10-21-13-5-3-4-12(8-13)19-16(20)14-6-7-18-9-15(14)17/h3-9,11H,10H2,1-2H3,(H,19,20). The number of halogens is 1. The maximum Gasteiger partial charge on any atom is 0.257 e. The predicted octanol–water partition coefficient (Wildman–Crippen LogP) is 4.02. The Labute approximate surface area is 129 Å². The summed E-state index contributed by atoms with van der Waals surface area (Å²) in [5, 5.41) is 3.12. The Bertz CT molecular complexity index is 629. The minimum Gasteiger partial charge on any atom is -0.493 e. The molecule has 0 aliphatic carbocycles. The number of hydrogen-bond acceptors (Lipinski definition) is 3. The largest absolute Gasteiger partial charge is 0.493 e. The summed E-state index contributed by atoms with van der Waals surface area (Å²) in [5.41, 5.74) is 1.05. The monoisotopic (exact) mass is 304 g/mol. The van der Waals surface area contributed by atoms with Crippen LogP contribution in [0, 0.1) is 5.92 Å². The number of nitrogens with zero attached hydrogens (tertiary/aromatic N) is 1. The minimum atomic E-state index is -0.275. The number of pyridine rings is 1. The molecule has 2 aromatic rings. The Morgan fingerprint density at radius 3 is 2.90 bits per heavy atom. The second-order valence-corrected chi connectivity index (χ2v) is 5.45. The van der Waals surface area contributed by atoms with Gasteiger partial charge in [0.15, 0.2) is 0 Å². The van der Waals surface area contributed by atoms with Gasteiger partial charge >= 0.3 is 0 Å². The first-order valence-electron chi connectivity index (χ1n) is 6.70. The molecule has 0 atom stereocenters. The smallest absolute Gasteiger partial charge is 0.257 e. The molecular formula is C16H17ClN2O2. The van der Waals surface area contributed by atoms with E-state index in [0.717, 1.165) is 5.75 Å². The van der Waals surface area contributed by atoms with E-state index < -0.39 is 0 Å². The fraction of sp³-hybridized carbons (Fsp3) is 0.250. The molecule has 0 bridgehead atoms. The summed E-state index contributed by atoms with van der Waals surface area (Å²) >= 11 is 5.95. The number of nitrogens with one attached hydrogen (secondary N) is 1. The van der Waals surface area contributed by atoms with Crippen LogP contribution in [-0.2, 0) is 0 Å². The lowest BCUT2D eigenvalue weighted by molar-refractivity contribution is 0.102. The summed E-state index contributed by atoms with van der Waals surface area (Å²) < 4.78 is 5.63. The Morgan fingerprint density at radius 1 is 1.38 bits per heavy atom. The average Bonchev–Trinajstić information content (AvgIpc) is 2.46.